The summed E-state index contributed by atoms with van der Waals surface area (Å²) in [5.74, 6) is 0. The van der Waals surface area contributed by atoms with Gasteiger partial charge < -0.3 is 15.4 Å². The van der Waals surface area contributed by atoms with Crippen LogP contribution in [0.5, 0.6) is 0 Å². The third-order valence-electron chi connectivity index (χ3n) is 5.63. The highest BCUT2D eigenvalue weighted by atomic mass is 35.5. The minimum atomic E-state index is 0.224. The highest BCUT2D eigenvalue weighted by Crippen LogP contribution is 2.37. The Balaban J connectivity index is 1.72. The molecule has 2 N–H and O–H groups in total. The molecule has 2 aromatic rings. The Labute approximate surface area is 154 Å². The molecule has 25 heavy (non-hydrogen) atoms. The Morgan fingerprint density at radius 3 is 2.68 bits per heavy atom. The van der Waals surface area contributed by atoms with Gasteiger partial charge >= 0.3 is 0 Å². The summed E-state index contributed by atoms with van der Waals surface area (Å²) in [5.41, 5.74) is 8.58. The van der Waals surface area contributed by atoms with Crippen LogP contribution in [-0.2, 0) is 4.74 Å². The monoisotopic (exact) mass is 359 g/mol. The largest absolute Gasteiger partial charge is 0.380 e. The van der Waals surface area contributed by atoms with Gasteiger partial charge in [-0.05, 0) is 49.9 Å². The summed E-state index contributed by atoms with van der Waals surface area (Å²) in [7, 11) is 0. The highest BCUT2D eigenvalue weighted by Gasteiger charge is 2.38. The van der Waals surface area contributed by atoms with Gasteiger partial charge in [-0.15, -0.1) is 0 Å². The first-order valence-corrected chi connectivity index (χ1v) is 9.56. The average Bonchev–Trinajstić information content (AvgIpc) is 2.58. The molecule has 0 amide bonds. The maximum atomic E-state index is 6.17. The van der Waals surface area contributed by atoms with Crippen molar-refractivity contribution in [3.05, 3.63) is 35.5 Å². The van der Waals surface area contributed by atoms with E-state index in [-0.39, 0.29) is 5.41 Å². The lowest BCUT2D eigenvalue weighted by Crippen LogP contribution is -2.52. The number of nitrogens with two attached hydrogens (primary N) is 1. The molecule has 0 spiro atoms. The number of pyridine rings is 1. The summed E-state index contributed by atoms with van der Waals surface area (Å²) in [6.07, 6.45) is 6.40. The van der Waals surface area contributed by atoms with Crippen molar-refractivity contribution in [2.24, 2.45) is 11.1 Å². The molecule has 0 unspecified atom stereocenters. The quantitative estimate of drug-likeness (QED) is 0.896. The zero-order valence-corrected chi connectivity index (χ0v) is 15.5. The van der Waals surface area contributed by atoms with Crippen molar-refractivity contribution in [3.8, 4) is 0 Å². The van der Waals surface area contributed by atoms with Gasteiger partial charge in [0.15, 0.2) is 0 Å². The standard InChI is InChI=1S/C20H26ClN3O/c1-20(12-25-13-20)11-24(16-5-3-15(22)4-6-16)19-8-9-23-18-10-14(21)2-7-17(18)19/h2,7-10,15-16H,3-6,11-13,22H2,1H3. The van der Waals surface area contributed by atoms with Gasteiger partial charge in [0, 0.05) is 46.3 Å². The molecule has 2 aliphatic rings. The Bertz CT molecular complexity index is 754. The van der Waals surface area contributed by atoms with E-state index in [1.165, 1.54) is 11.1 Å². The molecule has 1 saturated carbocycles. The summed E-state index contributed by atoms with van der Waals surface area (Å²) in [4.78, 5) is 7.11. The fourth-order valence-corrected chi connectivity index (χ4v) is 4.30. The van der Waals surface area contributed by atoms with Gasteiger partial charge in [0.2, 0.25) is 0 Å². The van der Waals surface area contributed by atoms with Crippen LogP contribution in [0.4, 0.5) is 5.69 Å². The van der Waals surface area contributed by atoms with Crippen LogP contribution in [0.25, 0.3) is 10.9 Å². The van der Waals surface area contributed by atoms with Gasteiger partial charge in [0.05, 0.1) is 18.7 Å². The second-order valence-corrected chi connectivity index (χ2v) is 8.43. The third-order valence-corrected chi connectivity index (χ3v) is 5.86. The predicted octanol–water partition coefficient (Wildman–Crippen LogP) is 4.00. The molecule has 2 fully saturated rings. The van der Waals surface area contributed by atoms with Crippen LogP contribution in [0.1, 0.15) is 32.6 Å². The smallest absolute Gasteiger partial charge is 0.0737 e. The number of ether oxygens (including phenoxy) is 1. The minimum Gasteiger partial charge on any atom is -0.380 e. The van der Waals surface area contributed by atoms with E-state index in [0.717, 1.165) is 56.0 Å². The summed E-state index contributed by atoms with van der Waals surface area (Å²) < 4.78 is 5.51. The van der Waals surface area contributed by atoms with Crippen LogP contribution in [0.15, 0.2) is 30.5 Å². The minimum absolute atomic E-state index is 0.224. The van der Waals surface area contributed by atoms with E-state index in [1.807, 2.05) is 18.3 Å². The van der Waals surface area contributed by atoms with E-state index < -0.39 is 0 Å². The van der Waals surface area contributed by atoms with Crippen molar-refractivity contribution in [1.82, 2.24) is 4.98 Å². The topological polar surface area (TPSA) is 51.4 Å². The zero-order valence-electron chi connectivity index (χ0n) is 14.7. The molecule has 1 aromatic carbocycles. The van der Waals surface area contributed by atoms with Crippen LogP contribution < -0.4 is 10.6 Å². The first-order chi connectivity index (χ1) is 12.0. The molecule has 1 aromatic heterocycles. The van der Waals surface area contributed by atoms with Crippen molar-refractivity contribution in [1.29, 1.82) is 0 Å². The first kappa shape index (κ1) is 17.1. The van der Waals surface area contributed by atoms with Gasteiger partial charge in [0.25, 0.3) is 0 Å². The second kappa shape index (κ2) is 6.75. The maximum absolute atomic E-state index is 6.17. The van der Waals surface area contributed by atoms with Gasteiger partial charge in [-0.2, -0.15) is 0 Å². The molecule has 1 aliphatic carbocycles. The number of benzene rings is 1. The van der Waals surface area contributed by atoms with Crippen LogP contribution in [0, 0.1) is 5.41 Å². The van der Waals surface area contributed by atoms with Crippen LogP contribution >= 0.6 is 11.6 Å². The number of nitrogens with zero attached hydrogens (tertiary/aromatic N) is 2. The van der Waals surface area contributed by atoms with Crippen LogP contribution in [0.2, 0.25) is 5.02 Å². The highest BCUT2D eigenvalue weighted by molar-refractivity contribution is 6.31. The lowest BCUT2D eigenvalue weighted by atomic mass is 9.84. The molecule has 1 aliphatic heterocycles. The fourth-order valence-electron chi connectivity index (χ4n) is 4.13. The molecule has 134 valence electrons. The van der Waals surface area contributed by atoms with E-state index >= 15 is 0 Å². The summed E-state index contributed by atoms with van der Waals surface area (Å²) in [5, 5.41) is 1.90. The van der Waals surface area contributed by atoms with Crippen molar-refractivity contribution < 1.29 is 4.74 Å². The zero-order chi connectivity index (χ0) is 17.4. The van der Waals surface area contributed by atoms with E-state index in [4.69, 9.17) is 22.1 Å². The Morgan fingerprint density at radius 2 is 2.00 bits per heavy atom. The maximum Gasteiger partial charge on any atom is 0.0737 e. The normalized spacial score (nSPS) is 25.6. The molecule has 0 bridgehead atoms. The van der Waals surface area contributed by atoms with Crippen molar-refractivity contribution in [3.63, 3.8) is 0 Å². The van der Waals surface area contributed by atoms with Crippen molar-refractivity contribution in [2.45, 2.75) is 44.7 Å². The molecule has 4 nitrogen and oxygen atoms in total. The number of hydrogen-bond acceptors (Lipinski definition) is 4. The molecule has 2 heterocycles. The summed E-state index contributed by atoms with van der Waals surface area (Å²) >= 11 is 6.17. The number of halogens is 1. The van der Waals surface area contributed by atoms with E-state index in [2.05, 4.69) is 28.9 Å². The lowest BCUT2D eigenvalue weighted by molar-refractivity contribution is -0.0965. The molecule has 5 heteroatoms. The van der Waals surface area contributed by atoms with Gasteiger partial charge in [-0.1, -0.05) is 18.5 Å². The fraction of sp³-hybridized carbons (Fsp3) is 0.550. The number of fused-ring (bicyclic) bond motifs is 1. The van der Waals surface area contributed by atoms with Crippen LogP contribution in [-0.4, -0.2) is 36.8 Å². The predicted molar refractivity (Wildman–Crippen MR) is 103 cm³/mol. The number of rotatable bonds is 4. The van der Waals surface area contributed by atoms with E-state index in [1.54, 1.807) is 0 Å². The van der Waals surface area contributed by atoms with Gasteiger partial charge in [0.1, 0.15) is 0 Å². The molecular weight excluding hydrogens is 334 g/mol. The Hall–Kier alpha value is -1.36. The number of hydrogen-bond donors (Lipinski definition) is 1. The number of aromatic nitrogens is 1. The van der Waals surface area contributed by atoms with E-state index in [9.17, 15) is 0 Å². The molecule has 4 rings (SSSR count). The van der Waals surface area contributed by atoms with Crippen molar-refractivity contribution in [2.75, 3.05) is 24.7 Å². The third kappa shape index (κ3) is 3.48. The summed E-state index contributed by atoms with van der Waals surface area (Å²) in [6, 6.07) is 9.03. The average molecular weight is 360 g/mol. The van der Waals surface area contributed by atoms with E-state index in [0.29, 0.717) is 12.1 Å². The molecule has 1 saturated heterocycles. The molecule has 0 radical (unpaired) electrons. The SMILES string of the molecule is CC1(CN(c2ccnc3cc(Cl)ccc23)C2CCC(N)CC2)COC1. The lowest BCUT2D eigenvalue weighted by Gasteiger charge is -2.46. The Kier molecular flexibility index (Phi) is 4.61. The summed E-state index contributed by atoms with van der Waals surface area (Å²) in [6.45, 7) is 5.00. The van der Waals surface area contributed by atoms with Gasteiger partial charge in [-0.25, -0.2) is 0 Å². The molecular formula is C20H26ClN3O. The van der Waals surface area contributed by atoms with Crippen molar-refractivity contribution >= 4 is 28.2 Å². The number of anilines is 1. The van der Waals surface area contributed by atoms with Crippen LogP contribution in [0.3, 0.4) is 0 Å². The first-order valence-electron chi connectivity index (χ1n) is 9.18. The Morgan fingerprint density at radius 1 is 1.24 bits per heavy atom. The molecule has 0 atom stereocenters. The second-order valence-electron chi connectivity index (χ2n) is 7.99. The van der Waals surface area contributed by atoms with Gasteiger partial charge in [-0.3, -0.25) is 4.98 Å².